The van der Waals surface area contributed by atoms with Gasteiger partial charge in [0.1, 0.15) is 6.33 Å². The average molecular weight is 422 g/mol. The Morgan fingerprint density at radius 2 is 1.77 bits per heavy atom. The lowest BCUT2D eigenvalue weighted by Gasteiger charge is -2.34. The second-order valence-electron chi connectivity index (χ2n) is 7.56. The minimum Gasteiger partial charge on any atom is -0.383 e. The fraction of sp³-hybridized carbons (Fsp3) is 0.348. The molecule has 0 saturated carbocycles. The van der Waals surface area contributed by atoms with Gasteiger partial charge in [-0.3, -0.25) is 19.1 Å². The van der Waals surface area contributed by atoms with E-state index in [1.165, 1.54) is 0 Å². The number of methoxy groups -OCH3 is 1. The van der Waals surface area contributed by atoms with Crippen molar-refractivity contribution in [1.82, 2.24) is 24.7 Å². The molecule has 4 rings (SSSR count). The van der Waals surface area contributed by atoms with Gasteiger partial charge in [0.25, 0.3) is 5.91 Å². The fourth-order valence-electron chi connectivity index (χ4n) is 3.77. The van der Waals surface area contributed by atoms with Gasteiger partial charge in [-0.15, -0.1) is 0 Å². The third-order valence-corrected chi connectivity index (χ3v) is 5.50. The van der Waals surface area contributed by atoms with Crippen LogP contribution in [0, 0.1) is 0 Å². The van der Waals surface area contributed by atoms with E-state index in [2.05, 4.69) is 15.2 Å². The Hall–Kier alpha value is -3.23. The van der Waals surface area contributed by atoms with Gasteiger partial charge in [0.2, 0.25) is 5.91 Å². The Kier molecular flexibility index (Phi) is 6.59. The lowest BCUT2D eigenvalue weighted by molar-refractivity contribution is -0.122. The first-order valence-corrected chi connectivity index (χ1v) is 10.5. The molecule has 31 heavy (non-hydrogen) atoms. The number of benzene rings is 2. The number of rotatable bonds is 7. The summed E-state index contributed by atoms with van der Waals surface area (Å²) in [5.74, 6) is 0.00526. The molecule has 162 valence electrons. The van der Waals surface area contributed by atoms with E-state index in [1.54, 1.807) is 13.4 Å². The molecule has 8 heteroatoms. The molecule has 2 heterocycles. The van der Waals surface area contributed by atoms with E-state index >= 15 is 0 Å². The zero-order valence-corrected chi connectivity index (χ0v) is 17.7. The number of fused-ring (bicyclic) bond motifs is 1. The van der Waals surface area contributed by atoms with Gasteiger partial charge in [0, 0.05) is 51.1 Å². The predicted molar refractivity (Wildman–Crippen MR) is 118 cm³/mol. The molecule has 2 aromatic carbocycles. The largest absolute Gasteiger partial charge is 0.383 e. The molecule has 1 aliphatic heterocycles. The number of carbonyl (C=O) groups is 2. The van der Waals surface area contributed by atoms with E-state index in [0.29, 0.717) is 51.4 Å². The van der Waals surface area contributed by atoms with Gasteiger partial charge in [-0.2, -0.15) is 0 Å². The zero-order chi connectivity index (χ0) is 21.6. The highest BCUT2D eigenvalue weighted by atomic mass is 16.5. The Bertz CT molecular complexity index is 1040. The highest BCUT2D eigenvalue weighted by molar-refractivity contribution is 5.94. The highest BCUT2D eigenvalue weighted by Gasteiger charge is 2.23. The molecule has 1 fully saturated rings. The average Bonchev–Trinajstić information content (AvgIpc) is 3.24. The van der Waals surface area contributed by atoms with Crippen LogP contribution in [0.2, 0.25) is 0 Å². The molecule has 0 atom stereocenters. The summed E-state index contributed by atoms with van der Waals surface area (Å²) in [6, 6.07) is 15.6. The molecule has 3 aromatic rings. The molecule has 0 unspecified atom stereocenters. The van der Waals surface area contributed by atoms with E-state index in [4.69, 9.17) is 4.74 Å². The van der Waals surface area contributed by atoms with E-state index in [9.17, 15) is 9.59 Å². The summed E-state index contributed by atoms with van der Waals surface area (Å²) in [6.45, 7) is 3.95. The van der Waals surface area contributed by atoms with Crippen LogP contribution in [0.1, 0.15) is 10.4 Å². The summed E-state index contributed by atoms with van der Waals surface area (Å²) in [6.07, 6.45) is 1.80. The first-order valence-electron chi connectivity index (χ1n) is 10.5. The maximum absolute atomic E-state index is 12.9. The second-order valence-corrected chi connectivity index (χ2v) is 7.56. The van der Waals surface area contributed by atoms with Gasteiger partial charge in [0.15, 0.2) is 0 Å². The van der Waals surface area contributed by atoms with Crippen LogP contribution in [-0.4, -0.2) is 84.2 Å². The van der Waals surface area contributed by atoms with Crippen molar-refractivity contribution in [2.45, 2.75) is 0 Å². The Morgan fingerprint density at radius 3 is 2.52 bits per heavy atom. The van der Waals surface area contributed by atoms with Crippen molar-refractivity contribution in [3.63, 3.8) is 0 Å². The summed E-state index contributed by atoms with van der Waals surface area (Å²) in [4.78, 5) is 33.2. The number of para-hydroxylation sites is 2. The van der Waals surface area contributed by atoms with E-state index in [1.807, 2.05) is 58.0 Å². The molecule has 1 N–H and O–H groups in total. The van der Waals surface area contributed by atoms with Crippen molar-refractivity contribution in [1.29, 1.82) is 0 Å². The summed E-state index contributed by atoms with van der Waals surface area (Å²) >= 11 is 0. The Labute approximate surface area is 181 Å². The summed E-state index contributed by atoms with van der Waals surface area (Å²) < 4.78 is 6.95. The van der Waals surface area contributed by atoms with Crippen LogP contribution in [0.5, 0.6) is 0 Å². The SMILES string of the molecule is COCCNC(=O)CN1CCN(C(=O)c2ccc(-n3cnc4ccccc43)cc2)CC1. The monoisotopic (exact) mass is 421 g/mol. The standard InChI is InChI=1S/C23H27N5O3/c1-31-15-10-24-22(29)16-26-11-13-27(14-12-26)23(30)18-6-8-19(9-7-18)28-17-25-20-4-2-3-5-21(20)28/h2-9,17H,10-16H2,1H3,(H,24,29). The first kappa shape index (κ1) is 21.0. The second kappa shape index (κ2) is 9.72. The van der Waals surface area contributed by atoms with E-state index in [-0.39, 0.29) is 11.8 Å². The van der Waals surface area contributed by atoms with Crippen LogP contribution in [0.25, 0.3) is 16.7 Å². The van der Waals surface area contributed by atoms with Gasteiger partial charge in [-0.1, -0.05) is 12.1 Å². The van der Waals surface area contributed by atoms with E-state index in [0.717, 1.165) is 16.7 Å². The van der Waals surface area contributed by atoms with Crippen LogP contribution in [0.4, 0.5) is 0 Å². The van der Waals surface area contributed by atoms with Crippen LogP contribution in [0.15, 0.2) is 54.9 Å². The van der Waals surface area contributed by atoms with Crippen molar-refractivity contribution in [3.05, 3.63) is 60.4 Å². The minimum atomic E-state index is -0.0144. The normalized spacial score (nSPS) is 14.7. The number of piperazine rings is 1. The summed E-state index contributed by atoms with van der Waals surface area (Å²) in [5, 5.41) is 2.83. The van der Waals surface area contributed by atoms with Crippen LogP contribution in [0.3, 0.4) is 0 Å². The van der Waals surface area contributed by atoms with Crippen LogP contribution >= 0.6 is 0 Å². The number of ether oxygens (including phenoxy) is 1. The lowest BCUT2D eigenvalue weighted by atomic mass is 10.1. The predicted octanol–water partition coefficient (Wildman–Crippen LogP) is 1.55. The molecule has 8 nitrogen and oxygen atoms in total. The third-order valence-electron chi connectivity index (χ3n) is 5.50. The van der Waals surface area contributed by atoms with Crippen molar-refractivity contribution in [2.24, 2.45) is 0 Å². The van der Waals surface area contributed by atoms with Gasteiger partial charge in [-0.05, 0) is 36.4 Å². The fourth-order valence-corrected chi connectivity index (χ4v) is 3.77. The van der Waals surface area contributed by atoms with Gasteiger partial charge in [-0.25, -0.2) is 4.98 Å². The first-order chi connectivity index (χ1) is 15.2. The van der Waals surface area contributed by atoms with Gasteiger partial charge >= 0.3 is 0 Å². The molecule has 0 spiro atoms. The molecule has 0 radical (unpaired) electrons. The highest BCUT2D eigenvalue weighted by Crippen LogP contribution is 2.19. The van der Waals surface area contributed by atoms with Crippen LogP contribution in [-0.2, 0) is 9.53 Å². The van der Waals surface area contributed by atoms with Crippen molar-refractivity contribution < 1.29 is 14.3 Å². The van der Waals surface area contributed by atoms with Crippen molar-refractivity contribution in [2.75, 3.05) is 53.0 Å². The van der Waals surface area contributed by atoms with Crippen LogP contribution < -0.4 is 5.32 Å². The number of hydrogen-bond acceptors (Lipinski definition) is 5. The number of imidazole rings is 1. The van der Waals surface area contributed by atoms with Crippen molar-refractivity contribution >= 4 is 22.8 Å². The molecule has 0 bridgehead atoms. The molecule has 1 saturated heterocycles. The summed E-state index contributed by atoms with van der Waals surface area (Å²) in [7, 11) is 1.61. The zero-order valence-electron chi connectivity index (χ0n) is 17.7. The Morgan fingerprint density at radius 1 is 1.03 bits per heavy atom. The molecule has 2 amide bonds. The van der Waals surface area contributed by atoms with Gasteiger partial charge in [0.05, 0.1) is 24.2 Å². The third kappa shape index (κ3) is 4.92. The number of carbonyl (C=O) groups excluding carboxylic acids is 2. The smallest absolute Gasteiger partial charge is 0.253 e. The molecular formula is C23H27N5O3. The Balaban J connectivity index is 1.33. The maximum atomic E-state index is 12.9. The number of nitrogens with one attached hydrogen (secondary N) is 1. The van der Waals surface area contributed by atoms with Gasteiger partial charge < -0.3 is 15.0 Å². The quantitative estimate of drug-likeness (QED) is 0.586. The van der Waals surface area contributed by atoms with E-state index < -0.39 is 0 Å². The number of nitrogens with zero attached hydrogens (tertiary/aromatic N) is 4. The molecule has 0 aliphatic carbocycles. The summed E-state index contributed by atoms with van der Waals surface area (Å²) in [5.41, 5.74) is 3.60. The van der Waals surface area contributed by atoms with Crippen molar-refractivity contribution in [3.8, 4) is 5.69 Å². The number of amides is 2. The molecule has 1 aliphatic rings. The topological polar surface area (TPSA) is 79.7 Å². The lowest BCUT2D eigenvalue weighted by Crippen LogP contribution is -2.51. The minimum absolute atomic E-state index is 0.0144. The number of hydrogen-bond donors (Lipinski definition) is 1. The molecular weight excluding hydrogens is 394 g/mol. The maximum Gasteiger partial charge on any atom is 0.253 e. The number of aromatic nitrogens is 2. The molecule has 1 aromatic heterocycles.